The Hall–Kier alpha value is -8.29. The summed E-state index contributed by atoms with van der Waals surface area (Å²) in [6, 6.07) is 38.6. The van der Waals surface area contributed by atoms with Crippen LogP contribution in [0.2, 0.25) is 0 Å². The number of fused-ring (bicyclic) bond motifs is 6. The maximum atomic E-state index is 14.4. The normalized spacial score (nSPS) is 11.8. The molecule has 6 aromatic carbocycles. The lowest BCUT2D eigenvalue weighted by atomic mass is 9.95. The first-order chi connectivity index (χ1) is 29.9. The Kier molecular flexibility index (Phi) is 8.68. The summed E-state index contributed by atoms with van der Waals surface area (Å²) in [5, 5.41) is 24.5. The number of aryl methyl sites for hydroxylation is 4. The molecule has 4 heterocycles. The number of halogens is 3. The molecule has 0 fully saturated rings. The highest BCUT2D eigenvalue weighted by Gasteiger charge is 2.32. The second kappa shape index (κ2) is 14.2. The van der Waals surface area contributed by atoms with Crippen LogP contribution in [-0.4, -0.2) is 39.0 Å². The van der Waals surface area contributed by atoms with Gasteiger partial charge in [0.05, 0.1) is 62.3 Å². The zero-order chi connectivity index (χ0) is 43.0. The Balaban J connectivity index is 1.37. The summed E-state index contributed by atoms with van der Waals surface area (Å²) in [5.41, 5.74) is 4.98. The molecular weight excluding hydrogens is 786 g/mol. The number of para-hydroxylation sites is 2. The molecule has 298 valence electrons. The molecule has 0 N–H and O–H groups in total. The molecule has 0 aliphatic rings. The summed E-state index contributed by atoms with van der Waals surface area (Å²) in [6.07, 6.45) is -4.75. The fourth-order valence-electron chi connectivity index (χ4n) is 8.51. The highest BCUT2D eigenvalue weighted by atomic mass is 19.4. The summed E-state index contributed by atoms with van der Waals surface area (Å²) < 4.78 is 47.3. The highest BCUT2D eigenvalue weighted by Crippen LogP contribution is 2.43. The largest absolute Gasteiger partial charge is 0.416 e. The van der Waals surface area contributed by atoms with Crippen LogP contribution in [0, 0.1) is 50.4 Å². The summed E-state index contributed by atoms with van der Waals surface area (Å²) in [7, 11) is 0. The molecule has 13 heteroatoms. The third-order valence-electron chi connectivity index (χ3n) is 11.0. The number of rotatable bonds is 5. The lowest BCUT2D eigenvalue weighted by molar-refractivity contribution is -0.137. The van der Waals surface area contributed by atoms with Gasteiger partial charge in [-0.2, -0.15) is 23.7 Å². The van der Waals surface area contributed by atoms with Gasteiger partial charge in [0, 0.05) is 38.2 Å². The van der Waals surface area contributed by atoms with Crippen LogP contribution in [0.3, 0.4) is 0 Å². The second-order valence-corrected chi connectivity index (χ2v) is 15.1. The van der Waals surface area contributed by atoms with Gasteiger partial charge in [-0.15, -0.1) is 0 Å². The number of hydrogen-bond acceptors (Lipinski definition) is 8. The molecule has 0 radical (unpaired) electrons. The van der Waals surface area contributed by atoms with Crippen LogP contribution in [0.4, 0.5) is 13.2 Å². The summed E-state index contributed by atoms with van der Waals surface area (Å²) in [5.74, 6) is 3.27. The van der Waals surface area contributed by atoms with Crippen LogP contribution < -0.4 is 0 Å². The number of benzene rings is 6. The van der Waals surface area contributed by atoms with Crippen molar-refractivity contribution in [2.24, 2.45) is 0 Å². The van der Waals surface area contributed by atoms with Crippen molar-refractivity contribution in [1.82, 2.24) is 39.0 Å². The standard InChI is InChI=1S/C49H31F3N10/c1-26-55-27(2)58-47(57-26)31-13-15-38-36-9-5-7-11-41(36)61(43(38)20-31)45-22-34(25-54)40(33-17-30(24-53)18-35(19-33)49(50,51)52)23-46(45)62-42-12-8-6-10-37(42)39-16-14-32(21-44(39)62)48-59-28(3)56-29(4)60-48/h5-23H,1-4H3. The SMILES string of the molecule is Cc1nc(C)nc(-c2ccc3c4ccccc4n(-c4cc(C#N)c(-c5cc(C#N)cc(C(F)(F)F)c5)cc4-n4c5ccccc5c5ccc(-c6nc(C)nc(C)n6)cc54)c3c2)n1. The minimum absolute atomic E-state index is 0.0726. The maximum absolute atomic E-state index is 14.4. The van der Waals surface area contributed by atoms with Crippen molar-refractivity contribution in [2.45, 2.75) is 33.9 Å². The molecule has 0 saturated heterocycles. The van der Waals surface area contributed by atoms with E-state index in [0.717, 1.165) is 66.9 Å². The minimum atomic E-state index is -4.75. The number of nitrogens with zero attached hydrogens (tertiary/aromatic N) is 10. The van der Waals surface area contributed by atoms with Gasteiger partial charge in [0.2, 0.25) is 0 Å². The summed E-state index contributed by atoms with van der Waals surface area (Å²) in [6.45, 7) is 7.25. The lowest BCUT2D eigenvalue weighted by Gasteiger charge is -2.20. The first-order valence-corrected chi connectivity index (χ1v) is 19.6. The van der Waals surface area contributed by atoms with Gasteiger partial charge in [-0.3, -0.25) is 0 Å². The molecule has 10 nitrogen and oxygen atoms in total. The van der Waals surface area contributed by atoms with E-state index in [1.54, 1.807) is 12.1 Å². The Morgan fingerprint density at radius 2 is 0.935 bits per heavy atom. The smallest absolute Gasteiger partial charge is 0.307 e. The second-order valence-electron chi connectivity index (χ2n) is 15.1. The fourth-order valence-corrected chi connectivity index (χ4v) is 8.51. The number of alkyl halides is 3. The summed E-state index contributed by atoms with van der Waals surface area (Å²) >= 11 is 0. The first kappa shape index (κ1) is 37.9. The van der Waals surface area contributed by atoms with E-state index in [0.29, 0.717) is 46.3 Å². The summed E-state index contributed by atoms with van der Waals surface area (Å²) in [4.78, 5) is 27.4. The van der Waals surface area contributed by atoms with Crippen LogP contribution >= 0.6 is 0 Å². The zero-order valence-electron chi connectivity index (χ0n) is 33.6. The molecular formula is C49H31F3N10. The molecule has 10 rings (SSSR count). The van der Waals surface area contributed by atoms with E-state index in [4.69, 9.17) is 0 Å². The zero-order valence-corrected chi connectivity index (χ0v) is 33.6. The van der Waals surface area contributed by atoms with E-state index < -0.39 is 11.7 Å². The van der Waals surface area contributed by atoms with E-state index in [1.807, 2.05) is 119 Å². The molecule has 0 amide bonds. The average Bonchev–Trinajstić information content (AvgIpc) is 3.76. The molecule has 0 atom stereocenters. The number of nitriles is 2. The van der Waals surface area contributed by atoms with Crippen molar-refractivity contribution < 1.29 is 13.2 Å². The van der Waals surface area contributed by atoms with Gasteiger partial charge >= 0.3 is 6.18 Å². The minimum Gasteiger partial charge on any atom is -0.307 e. The average molecular weight is 817 g/mol. The molecule has 0 aliphatic carbocycles. The van der Waals surface area contributed by atoms with Gasteiger partial charge in [-0.05, 0) is 87.9 Å². The molecule has 0 saturated carbocycles. The van der Waals surface area contributed by atoms with Crippen LogP contribution in [0.15, 0.2) is 115 Å². The lowest BCUT2D eigenvalue weighted by Crippen LogP contribution is -2.07. The van der Waals surface area contributed by atoms with Crippen molar-refractivity contribution in [3.8, 4) is 57.4 Å². The van der Waals surface area contributed by atoms with Crippen LogP contribution in [-0.2, 0) is 6.18 Å². The van der Waals surface area contributed by atoms with Crippen LogP contribution in [0.5, 0.6) is 0 Å². The topological polar surface area (TPSA) is 135 Å². The van der Waals surface area contributed by atoms with Gasteiger partial charge in [0.1, 0.15) is 23.3 Å². The predicted octanol–water partition coefficient (Wildman–Crippen LogP) is 11.2. The van der Waals surface area contributed by atoms with Crippen molar-refractivity contribution in [3.05, 3.63) is 155 Å². The molecule has 0 bridgehead atoms. The van der Waals surface area contributed by atoms with E-state index >= 15 is 0 Å². The fraction of sp³-hybridized carbons (Fsp3) is 0.102. The molecule has 62 heavy (non-hydrogen) atoms. The first-order valence-electron chi connectivity index (χ1n) is 19.6. The third kappa shape index (κ3) is 6.26. The van der Waals surface area contributed by atoms with E-state index in [9.17, 15) is 23.7 Å². The van der Waals surface area contributed by atoms with E-state index in [1.165, 1.54) is 6.07 Å². The van der Waals surface area contributed by atoms with E-state index in [-0.39, 0.29) is 22.3 Å². The Bertz CT molecular complexity index is 3570. The quantitative estimate of drug-likeness (QED) is 0.168. The number of aromatic nitrogens is 8. The number of hydrogen-bond donors (Lipinski definition) is 0. The monoisotopic (exact) mass is 816 g/mol. The van der Waals surface area contributed by atoms with Gasteiger partial charge < -0.3 is 9.13 Å². The third-order valence-corrected chi connectivity index (χ3v) is 11.0. The Labute approximate surface area is 351 Å². The highest BCUT2D eigenvalue weighted by molar-refractivity contribution is 6.12. The molecule has 0 aliphatic heterocycles. The predicted molar refractivity (Wildman–Crippen MR) is 232 cm³/mol. The Morgan fingerprint density at radius 3 is 1.40 bits per heavy atom. The maximum Gasteiger partial charge on any atom is 0.416 e. The van der Waals surface area contributed by atoms with Gasteiger partial charge in [0.25, 0.3) is 0 Å². The van der Waals surface area contributed by atoms with Crippen molar-refractivity contribution in [2.75, 3.05) is 0 Å². The van der Waals surface area contributed by atoms with Crippen molar-refractivity contribution in [1.29, 1.82) is 10.5 Å². The van der Waals surface area contributed by atoms with Crippen LogP contribution in [0.1, 0.15) is 40.0 Å². The van der Waals surface area contributed by atoms with Crippen molar-refractivity contribution >= 4 is 43.6 Å². The molecule has 4 aromatic heterocycles. The van der Waals surface area contributed by atoms with Crippen molar-refractivity contribution in [3.63, 3.8) is 0 Å². The Morgan fingerprint density at radius 1 is 0.468 bits per heavy atom. The molecule has 0 unspecified atom stereocenters. The molecule has 0 spiro atoms. The van der Waals surface area contributed by atoms with Crippen LogP contribution in [0.25, 0.3) is 88.9 Å². The van der Waals surface area contributed by atoms with E-state index in [2.05, 4.69) is 45.1 Å². The van der Waals surface area contributed by atoms with Gasteiger partial charge in [-0.1, -0.05) is 60.7 Å². The molecule has 10 aromatic rings. The van der Waals surface area contributed by atoms with Gasteiger partial charge in [-0.25, -0.2) is 29.9 Å². The van der Waals surface area contributed by atoms with Gasteiger partial charge in [0.15, 0.2) is 11.6 Å².